The topological polar surface area (TPSA) is 95.9 Å². The number of benzene rings is 2. The first-order valence-corrected chi connectivity index (χ1v) is 12.5. The van der Waals surface area contributed by atoms with Gasteiger partial charge in [-0.25, -0.2) is 18.4 Å². The van der Waals surface area contributed by atoms with Crippen LogP contribution in [0.2, 0.25) is 0 Å². The van der Waals surface area contributed by atoms with Crippen molar-refractivity contribution in [3.8, 4) is 17.6 Å². The highest BCUT2D eigenvalue weighted by molar-refractivity contribution is 7.99. The van der Waals surface area contributed by atoms with Gasteiger partial charge < -0.3 is 15.2 Å². The van der Waals surface area contributed by atoms with Gasteiger partial charge in [0.05, 0.1) is 23.3 Å². The van der Waals surface area contributed by atoms with Crippen LogP contribution in [-0.2, 0) is 4.79 Å². The van der Waals surface area contributed by atoms with Crippen LogP contribution in [0.3, 0.4) is 0 Å². The molecule has 0 saturated carbocycles. The number of nitrogens with one attached hydrogen (secondary N) is 1. The van der Waals surface area contributed by atoms with Crippen LogP contribution in [0.5, 0.6) is 5.75 Å². The molecule has 1 atom stereocenters. The number of rotatable bonds is 6. The molecular weight excluding hydrogens is 490 g/mol. The van der Waals surface area contributed by atoms with E-state index in [1.165, 1.54) is 23.9 Å². The van der Waals surface area contributed by atoms with E-state index in [9.17, 15) is 28.3 Å². The van der Waals surface area contributed by atoms with Gasteiger partial charge in [-0.2, -0.15) is 11.8 Å². The van der Waals surface area contributed by atoms with Crippen LogP contribution in [-0.4, -0.2) is 58.6 Å². The summed E-state index contributed by atoms with van der Waals surface area (Å²) in [5.41, 5.74) is 0.333. The maximum absolute atomic E-state index is 14.0. The summed E-state index contributed by atoms with van der Waals surface area (Å²) in [4.78, 5) is 38.8. The fraction of sp³-hybridized carbons (Fsp3) is 0.346. The molecule has 0 unspecified atom stereocenters. The van der Waals surface area contributed by atoms with Crippen LogP contribution >= 0.6 is 11.8 Å². The zero-order chi connectivity index (χ0) is 26.2. The van der Waals surface area contributed by atoms with Gasteiger partial charge >= 0.3 is 12.0 Å². The van der Waals surface area contributed by atoms with E-state index in [2.05, 4.69) is 17.2 Å². The van der Waals surface area contributed by atoms with Crippen molar-refractivity contribution in [2.45, 2.75) is 26.3 Å². The van der Waals surface area contributed by atoms with Gasteiger partial charge in [0.2, 0.25) is 0 Å². The van der Waals surface area contributed by atoms with Gasteiger partial charge in [-0.3, -0.25) is 9.69 Å². The summed E-state index contributed by atoms with van der Waals surface area (Å²) in [7, 11) is 0. The van der Waals surface area contributed by atoms with E-state index in [1.807, 2.05) is 13.8 Å². The number of carbonyl (C=O) groups excluding carboxylic acids is 2. The normalized spacial score (nSPS) is 14.0. The molecule has 36 heavy (non-hydrogen) atoms. The maximum atomic E-state index is 14.0. The monoisotopic (exact) mass is 516 g/mol. The second-order valence-electron chi connectivity index (χ2n) is 8.49. The van der Waals surface area contributed by atoms with E-state index in [0.29, 0.717) is 17.9 Å². The molecule has 3 amide bonds. The number of fused-ring (bicyclic) bond motifs is 1. The Morgan fingerprint density at radius 3 is 2.61 bits per heavy atom. The summed E-state index contributed by atoms with van der Waals surface area (Å²) < 4.78 is 32.9. The zero-order valence-electron chi connectivity index (χ0n) is 19.8. The van der Waals surface area contributed by atoms with Crippen molar-refractivity contribution in [3.63, 3.8) is 0 Å². The third-order valence-electron chi connectivity index (χ3n) is 5.10. The molecule has 0 saturated heterocycles. The van der Waals surface area contributed by atoms with Gasteiger partial charge in [0.25, 0.3) is 5.91 Å². The van der Waals surface area contributed by atoms with E-state index in [4.69, 9.17) is 4.74 Å². The quantitative estimate of drug-likeness (QED) is 0.561. The van der Waals surface area contributed by atoms with Crippen molar-refractivity contribution in [1.29, 1.82) is 0 Å². The van der Waals surface area contributed by atoms with Gasteiger partial charge in [0.1, 0.15) is 23.4 Å². The number of nitrogens with zero attached hydrogens (tertiary/aromatic N) is 1. The Morgan fingerprint density at radius 1 is 1.17 bits per heavy atom. The van der Waals surface area contributed by atoms with Gasteiger partial charge in [-0.1, -0.05) is 31.8 Å². The SMILES string of the molecule is CC(C)CSC[C@H](NC(=O)N1CCCOc2c(C#Cc3ccc(F)cc3F)cccc2C1=O)C(=O)O. The van der Waals surface area contributed by atoms with Gasteiger partial charge in [0.15, 0.2) is 0 Å². The Balaban J connectivity index is 1.84. The smallest absolute Gasteiger partial charge is 0.327 e. The molecule has 1 heterocycles. The van der Waals surface area contributed by atoms with Crippen LogP contribution in [0.4, 0.5) is 13.6 Å². The Bertz CT molecular complexity index is 1210. The van der Waals surface area contributed by atoms with Gasteiger partial charge in [-0.15, -0.1) is 0 Å². The fourth-order valence-electron chi connectivity index (χ4n) is 3.35. The lowest BCUT2D eigenvalue weighted by Crippen LogP contribution is -2.51. The molecule has 0 bridgehead atoms. The number of carboxylic acids is 1. The number of aliphatic carboxylic acids is 1. The summed E-state index contributed by atoms with van der Waals surface area (Å²) in [6.45, 7) is 4.22. The molecule has 7 nitrogen and oxygen atoms in total. The van der Waals surface area contributed by atoms with Crippen LogP contribution < -0.4 is 10.1 Å². The highest BCUT2D eigenvalue weighted by atomic mass is 32.2. The minimum Gasteiger partial charge on any atom is -0.491 e. The molecule has 0 aromatic heterocycles. The predicted molar refractivity (Wildman–Crippen MR) is 132 cm³/mol. The highest BCUT2D eigenvalue weighted by Gasteiger charge is 2.31. The number of hydrogen-bond acceptors (Lipinski definition) is 5. The van der Waals surface area contributed by atoms with Crippen LogP contribution in [0.15, 0.2) is 36.4 Å². The summed E-state index contributed by atoms with van der Waals surface area (Å²) in [6.07, 6.45) is 0.312. The number of urea groups is 1. The summed E-state index contributed by atoms with van der Waals surface area (Å²) in [5.74, 6) is 3.37. The van der Waals surface area contributed by atoms with Crippen LogP contribution in [0.1, 0.15) is 41.8 Å². The second kappa shape index (κ2) is 12.4. The molecule has 3 rings (SSSR count). The second-order valence-corrected chi connectivity index (χ2v) is 9.56. The molecule has 0 aliphatic carbocycles. The number of carbonyl (C=O) groups is 3. The first kappa shape index (κ1) is 27.0. The van der Waals surface area contributed by atoms with Crippen molar-refractivity contribution in [2.75, 3.05) is 24.7 Å². The molecule has 0 fully saturated rings. The molecule has 2 N–H and O–H groups in total. The number of thioether (sulfide) groups is 1. The van der Waals surface area contributed by atoms with Gasteiger partial charge in [0, 0.05) is 18.4 Å². The maximum Gasteiger partial charge on any atom is 0.327 e. The third-order valence-corrected chi connectivity index (χ3v) is 6.57. The molecule has 190 valence electrons. The number of imide groups is 1. The number of halogens is 2. The van der Waals surface area contributed by atoms with E-state index in [-0.39, 0.29) is 35.8 Å². The number of carboxylic acid groups (broad SMARTS) is 1. The van der Waals surface area contributed by atoms with E-state index >= 15 is 0 Å². The lowest BCUT2D eigenvalue weighted by Gasteiger charge is -2.27. The molecule has 1 aliphatic heterocycles. The highest BCUT2D eigenvalue weighted by Crippen LogP contribution is 2.27. The summed E-state index contributed by atoms with van der Waals surface area (Å²) >= 11 is 1.41. The van der Waals surface area contributed by atoms with Gasteiger partial charge in [-0.05, 0) is 42.4 Å². The molecule has 1 aliphatic rings. The van der Waals surface area contributed by atoms with Crippen LogP contribution in [0.25, 0.3) is 0 Å². The number of ether oxygens (including phenoxy) is 1. The minimum absolute atomic E-state index is 0.0257. The zero-order valence-corrected chi connectivity index (χ0v) is 20.7. The largest absolute Gasteiger partial charge is 0.491 e. The van der Waals surface area contributed by atoms with E-state index in [1.54, 1.807) is 12.1 Å². The molecular formula is C26H26F2N2O5S. The van der Waals surface area contributed by atoms with Crippen molar-refractivity contribution in [2.24, 2.45) is 5.92 Å². The third kappa shape index (κ3) is 6.98. The van der Waals surface area contributed by atoms with E-state index < -0.39 is 35.6 Å². The first-order chi connectivity index (χ1) is 17.2. The Hall–Kier alpha value is -3.58. The van der Waals surface area contributed by atoms with Crippen molar-refractivity contribution < 1.29 is 33.0 Å². The van der Waals surface area contributed by atoms with Crippen molar-refractivity contribution in [1.82, 2.24) is 10.2 Å². The fourth-order valence-corrected chi connectivity index (χ4v) is 4.41. The lowest BCUT2D eigenvalue weighted by atomic mass is 10.1. The van der Waals surface area contributed by atoms with Crippen LogP contribution in [0, 0.1) is 29.4 Å². The average Bonchev–Trinajstić information content (AvgIpc) is 2.81. The number of para-hydroxylation sites is 1. The molecule has 2 aromatic carbocycles. The van der Waals surface area contributed by atoms with Crippen molar-refractivity contribution >= 4 is 29.7 Å². The lowest BCUT2D eigenvalue weighted by molar-refractivity contribution is -0.138. The predicted octanol–water partition coefficient (Wildman–Crippen LogP) is 4.14. The standard InChI is InChI=1S/C26H26F2N2O5S/c1-16(2)14-36-15-22(25(32)33)29-26(34)30-11-4-12-35-23-18(5-3-6-20(23)24(30)31)8-7-17-9-10-19(27)13-21(17)28/h3,5-6,9-10,13,16,22H,4,11-12,14-15H2,1-2H3,(H,29,34)(H,32,33)/t22-/m0/s1. The Labute approximate surface area is 212 Å². The molecule has 0 spiro atoms. The van der Waals surface area contributed by atoms with Crippen molar-refractivity contribution in [3.05, 3.63) is 64.7 Å². The van der Waals surface area contributed by atoms with E-state index in [0.717, 1.165) is 22.8 Å². The Kier molecular flexibility index (Phi) is 9.31. The number of hydrogen-bond donors (Lipinski definition) is 2. The summed E-state index contributed by atoms with van der Waals surface area (Å²) in [5, 5.41) is 12.0. The molecule has 0 radical (unpaired) electrons. The molecule has 10 heteroatoms. The summed E-state index contributed by atoms with van der Waals surface area (Å²) in [6, 6.07) is 5.66. The average molecular weight is 517 g/mol. The first-order valence-electron chi connectivity index (χ1n) is 11.3. The molecule has 2 aromatic rings. The number of amides is 3. The Morgan fingerprint density at radius 2 is 1.92 bits per heavy atom. The minimum atomic E-state index is -1.19.